The Labute approximate surface area is 176 Å². The van der Waals surface area contributed by atoms with Gasteiger partial charge in [0.1, 0.15) is 0 Å². The number of amides is 4. The van der Waals surface area contributed by atoms with Gasteiger partial charge in [0.15, 0.2) is 0 Å². The van der Waals surface area contributed by atoms with Gasteiger partial charge in [0.25, 0.3) is 5.91 Å². The van der Waals surface area contributed by atoms with Crippen LogP contribution in [-0.4, -0.2) is 59.8 Å². The minimum Gasteiger partial charge on any atom is -0.352 e. The van der Waals surface area contributed by atoms with Crippen molar-refractivity contribution in [3.63, 3.8) is 0 Å². The molecule has 0 radical (unpaired) electrons. The first-order chi connectivity index (χ1) is 14.4. The highest BCUT2D eigenvalue weighted by Crippen LogP contribution is 2.19. The third-order valence-electron chi connectivity index (χ3n) is 5.11. The fraction of sp³-hybridized carbons (Fsp3) is 0.364. The number of urea groups is 1. The van der Waals surface area contributed by atoms with Gasteiger partial charge >= 0.3 is 6.03 Å². The van der Waals surface area contributed by atoms with E-state index in [1.807, 2.05) is 24.3 Å². The normalized spacial score (nSPS) is 14.1. The van der Waals surface area contributed by atoms with Crippen molar-refractivity contribution in [2.75, 3.05) is 32.5 Å². The number of pyridine rings is 1. The molecule has 1 aliphatic heterocycles. The van der Waals surface area contributed by atoms with Crippen LogP contribution in [0.2, 0.25) is 0 Å². The molecule has 8 heteroatoms. The van der Waals surface area contributed by atoms with E-state index in [-0.39, 0.29) is 23.8 Å². The average molecular weight is 409 g/mol. The molecule has 8 nitrogen and oxygen atoms in total. The SMILES string of the molecule is CN(C)C(=O)N1CCC(C(=O)NCc2cccc(NC(=O)c3ccncc3)c2)CC1. The number of carbonyl (C=O) groups excluding carboxylic acids is 3. The van der Waals surface area contributed by atoms with E-state index >= 15 is 0 Å². The van der Waals surface area contributed by atoms with Gasteiger partial charge in [0, 0.05) is 63.3 Å². The van der Waals surface area contributed by atoms with Crippen molar-refractivity contribution in [2.45, 2.75) is 19.4 Å². The maximum absolute atomic E-state index is 12.5. The molecule has 1 fully saturated rings. The number of nitrogens with one attached hydrogen (secondary N) is 2. The summed E-state index contributed by atoms with van der Waals surface area (Å²) in [6, 6.07) is 10.7. The molecule has 158 valence electrons. The summed E-state index contributed by atoms with van der Waals surface area (Å²) in [4.78, 5) is 44.0. The van der Waals surface area contributed by atoms with Gasteiger partial charge in [-0.2, -0.15) is 0 Å². The molecule has 0 unspecified atom stereocenters. The van der Waals surface area contributed by atoms with Gasteiger partial charge < -0.3 is 20.4 Å². The Bertz CT molecular complexity index is 893. The highest BCUT2D eigenvalue weighted by atomic mass is 16.2. The van der Waals surface area contributed by atoms with Crippen LogP contribution in [0.15, 0.2) is 48.8 Å². The van der Waals surface area contributed by atoms with Gasteiger partial charge in [0.2, 0.25) is 5.91 Å². The van der Waals surface area contributed by atoms with Crippen LogP contribution >= 0.6 is 0 Å². The first kappa shape index (κ1) is 21.3. The number of aromatic nitrogens is 1. The highest BCUT2D eigenvalue weighted by Gasteiger charge is 2.27. The van der Waals surface area contributed by atoms with E-state index in [1.54, 1.807) is 48.4 Å². The first-order valence-electron chi connectivity index (χ1n) is 9.98. The van der Waals surface area contributed by atoms with Gasteiger partial charge in [-0.15, -0.1) is 0 Å². The van der Waals surface area contributed by atoms with E-state index in [0.29, 0.717) is 43.7 Å². The molecule has 2 aromatic rings. The van der Waals surface area contributed by atoms with Crippen molar-refractivity contribution >= 4 is 23.5 Å². The predicted molar refractivity (Wildman–Crippen MR) is 114 cm³/mol. The molecule has 3 rings (SSSR count). The van der Waals surface area contributed by atoms with Crippen LogP contribution in [0.3, 0.4) is 0 Å². The Morgan fingerprint density at radius 2 is 1.80 bits per heavy atom. The van der Waals surface area contributed by atoms with Crippen LogP contribution in [0.25, 0.3) is 0 Å². The Morgan fingerprint density at radius 1 is 1.10 bits per heavy atom. The van der Waals surface area contributed by atoms with Crippen LogP contribution in [-0.2, 0) is 11.3 Å². The van der Waals surface area contributed by atoms with E-state index < -0.39 is 0 Å². The van der Waals surface area contributed by atoms with Crippen molar-refractivity contribution in [1.29, 1.82) is 0 Å². The van der Waals surface area contributed by atoms with Gasteiger partial charge in [-0.05, 0) is 42.7 Å². The summed E-state index contributed by atoms with van der Waals surface area (Å²) < 4.78 is 0. The minimum atomic E-state index is -0.211. The van der Waals surface area contributed by atoms with Crippen molar-refractivity contribution in [3.8, 4) is 0 Å². The molecule has 1 saturated heterocycles. The summed E-state index contributed by atoms with van der Waals surface area (Å²) in [7, 11) is 3.46. The summed E-state index contributed by atoms with van der Waals surface area (Å²) in [6.07, 6.45) is 4.46. The van der Waals surface area contributed by atoms with Crippen molar-refractivity contribution in [2.24, 2.45) is 5.92 Å². The number of rotatable bonds is 5. The highest BCUT2D eigenvalue weighted by molar-refractivity contribution is 6.04. The number of carbonyl (C=O) groups is 3. The Hall–Kier alpha value is -3.42. The lowest BCUT2D eigenvalue weighted by atomic mass is 9.96. The van der Waals surface area contributed by atoms with Crippen LogP contribution in [0, 0.1) is 5.92 Å². The second kappa shape index (κ2) is 9.87. The molecule has 2 N–H and O–H groups in total. The zero-order valence-corrected chi connectivity index (χ0v) is 17.3. The summed E-state index contributed by atoms with van der Waals surface area (Å²) in [5, 5.41) is 5.83. The van der Waals surface area contributed by atoms with Crippen LogP contribution in [0.4, 0.5) is 10.5 Å². The molecule has 0 spiro atoms. The fourth-order valence-electron chi connectivity index (χ4n) is 3.41. The van der Waals surface area contributed by atoms with E-state index in [4.69, 9.17) is 0 Å². The van der Waals surface area contributed by atoms with Gasteiger partial charge in [-0.1, -0.05) is 12.1 Å². The molecule has 1 aromatic carbocycles. The van der Waals surface area contributed by atoms with Gasteiger partial charge in [-0.25, -0.2) is 4.79 Å². The minimum absolute atomic E-state index is 0.00169. The molecule has 0 atom stereocenters. The zero-order chi connectivity index (χ0) is 21.5. The van der Waals surface area contributed by atoms with Crippen molar-refractivity contribution < 1.29 is 14.4 Å². The molecule has 1 aliphatic rings. The Kier molecular flexibility index (Phi) is 7.00. The second-order valence-corrected chi connectivity index (χ2v) is 7.55. The maximum Gasteiger partial charge on any atom is 0.319 e. The quantitative estimate of drug-likeness (QED) is 0.793. The molecule has 1 aromatic heterocycles. The lowest BCUT2D eigenvalue weighted by Gasteiger charge is -2.33. The molecular weight excluding hydrogens is 382 g/mol. The largest absolute Gasteiger partial charge is 0.352 e. The lowest BCUT2D eigenvalue weighted by molar-refractivity contribution is -0.126. The fourth-order valence-corrected chi connectivity index (χ4v) is 3.41. The second-order valence-electron chi connectivity index (χ2n) is 7.55. The molecule has 0 bridgehead atoms. The Morgan fingerprint density at radius 3 is 2.47 bits per heavy atom. The first-order valence-corrected chi connectivity index (χ1v) is 9.98. The zero-order valence-electron chi connectivity index (χ0n) is 17.3. The van der Waals surface area contributed by atoms with E-state index in [9.17, 15) is 14.4 Å². The van der Waals surface area contributed by atoms with Crippen molar-refractivity contribution in [3.05, 3.63) is 59.9 Å². The summed E-state index contributed by atoms with van der Waals surface area (Å²) in [6.45, 7) is 1.56. The predicted octanol–water partition coefficient (Wildman–Crippen LogP) is 2.34. The number of benzene rings is 1. The Balaban J connectivity index is 1.49. The van der Waals surface area contributed by atoms with E-state index in [1.165, 1.54) is 0 Å². The number of hydrogen-bond acceptors (Lipinski definition) is 4. The number of nitrogens with zero attached hydrogens (tertiary/aromatic N) is 3. The van der Waals surface area contributed by atoms with Gasteiger partial charge in [-0.3, -0.25) is 14.6 Å². The van der Waals surface area contributed by atoms with Gasteiger partial charge in [0.05, 0.1) is 0 Å². The van der Waals surface area contributed by atoms with Crippen LogP contribution in [0.5, 0.6) is 0 Å². The smallest absolute Gasteiger partial charge is 0.319 e. The molecule has 2 heterocycles. The topological polar surface area (TPSA) is 94.6 Å². The summed E-state index contributed by atoms with van der Waals surface area (Å²) >= 11 is 0. The van der Waals surface area contributed by atoms with E-state index in [0.717, 1.165) is 5.56 Å². The molecular formula is C22H27N5O3. The molecule has 0 saturated carbocycles. The monoisotopic (exact) mass is 409 g/mol. The summed E-state index contributed by atoms with van der Waals surface area (Å²) in [5.41, 5.74) is 2.10. The number of hydrogen-bond donors (Lipinski definition) is 2. The third-order valence-corrected chi connectivity index (χ3v) is 5.11. The number of anilines is 1. The molecule has 0 aliphatic carbocycles. The average Bonchev–Trinajstić information content (AvgIpc) is 2.78. The van der Waals surface area contributed by atoms with Crippen molar-refractivity contribution in [1.82, 2.24) is 20.1 Å². The summed E-state index contributed by atoms with van der Waals surface area (Å²) in [5.74, 6) is -0.304. The maximum atomic E-state index is 12.5. The standard InChI is InChI=1S/C22H27N5O3/c1-26(2)22(30)27-12-8-18(9-13-27)20(28)24-15-16-4-3-5-19(14-16)25-21(29)17-6-10-23-11-7-17/h3-7,10-11,14,18H,8-9,12-13,15H2,1-2H3,(H,24,28)(H,25,29). The third kappa shape index (κ3) is 5.56. The molecule has 30 heavy (non-hydrogen) atoms. The van der Waals surface area contributed by atoms with Crippen LogP contribution < -0.4 is 10.6 Å². The lowest BCUT2D eigenvalue weighted by Crippen LogP contribution is -2.46. The van der Waals surface area contributed by atoms with E-state index in [2.05, 4.69) is 15.6 Å². The number of piperidine rings is 1. The number of likely N-dealkylation sites (tertiary alicyclic amines) is 1. The molecule has 4 amide bonds. The van der Waals surface area contributed by atoms with Crippen LogP contribution in [0.1, 0.15) is 28.8 Å².